The monoisotopic (exact) mass is 1210 g/mol. The molecule has 0 aliphatic heterocycles. The molecule has 16 rings (SSSR count). The van der Waals surface area contributed by atoms with Crippen molar-refractivity contribution in [3.8, 4) is 124 Å². The third-order valence-electron chi connectivity index (χ3n) is 17.6. The Balaban J connectivity index is 0.982. The summed E-state index contributed by atoms with van der Waals surface area (Å²) >= 11 is 0. The number of benzene rings is 10. The molecule has 8 nitrogen and oxygen atoms in total. The van der Waals surface area contributed by atoms with Crippen LogP contribution < -0.4 is 0 Å². The summed E-state index contributed by atoms with van der Waals surface area (Å²) in [7, 11) is 0. The van der Waals surface area contributed by atoms with E-state index < -0.39 is 11.7 Å². The van der Waals surface area contributed by atoms with Gasteiger partial charge in [0.15, 0.2) is 0 Å². The molecule has 0 aliphatic rings. The molecular weight excluding hydrogens is 1170 g/mol. The molecule has 0 radical (unpaired) electrons. The molecule has 0 saturated carbocycles. The van der Waals surface area contributed by atoms with Crippen molar-refractivity contribution in [2.45, 2.75) is 6.18 Å². The minimum absolute atomic E-state index is 0.131. The van der Waals surface area contributed by atoms with Crippen LogP contribution in [0.3, 0.4) is 0 Å². The van der Waals surface area contributed by atoms with Gasteiger partial charge in [0.2, 0.25) is 0 Å². The number of hydrogen-bond acceptors (Lipinski definition) is 6. The van der Waals surface area contributed by atoms with E-state index in [1.54, 1.807) is 12.1 Å². The molecule has 0 fully saturated rings. The van der Waals surface area contributed by atoms with E-state index in [0.29, 0.717) is 16.9 Å². The molecule has 16 aromatic rings. The predicted molar refractivity (Wildman–Crippen MR) is 370 cm³/mol. The van der Waals surface area contributed by atoms with Crippen LogP contribution in [0.5, 0.6) is 0 Å². The summed E-state index contributed by atoms with van der Waals surface area (Å²) in [6.45, 7) is 0. The number of aromatic nitrogens is 6. The van der Waals surface area contributed by atoms with Gasteiger partial charge in [-0.25, -0.2) is 0 Å². The van der Waals surface area contributed by atoms with Crippen LogP contribution in [0.25, 0.3) is 156 Å². The smallest absolute Gasteiger partial charge is 0.308 e. The topological polar surface area (TPSA) is 109 Å². The van der Waals surface area contributed by atoms with Crippen LogP contribution in [0, 0.1) is 22.7 Å². The molecule has 0 atom stereocenters. The van der Waals surface area contributed by atoms with E-state index in [-0.39, 0.29) is 16.7 Å². The van der Waals surface area contributed by atoms with Crippen molar-refractivity contribution in [3.05, 3.63) is 314 Å². The van der Waals surface area contributed by atoms with E-state index in [2.05, 4.69) is 88.0 Å². The lowest BCUT2D eigenvalue weighted by molar-refractivity contribution is -0.137. The second-order valence-electron chi connectivity index (χ2n) is 23.2. The van der Waals surface area contributed by atoms with Gasteiger partial charge in [0.25, 0.3) is 0 Å². The Hall–Kier alpha value is -12.8. The van der Waals surface area contributed by atoms with E-state index in [1.807, 2.05) is 201 Å². The molecular formula is C83H49F3N8. The van der Waals surface area contributed by atoms with E-state index in [4.69, 9.17) is 19.9 Å². The minimum atomic E-state index is -4.80. The molecule has 0 bridgehead atoms. The van der Waals surface area contributed by atoms with Gasteiger partial charge in [0, 0.05) is 90.8 Å². The van der Waals surface area contributed by atoms with E-state index >= 15 is 13.2 Å². The zero-order chi connectivity index (χ0) is 63.4. The van der Waals surface area contributed by atoms with Gasteiger partial charge in [0.05, 0.1) is 73.4 Å². The van der Waals surface area contributed by atoms with Crippen LogP contribution in [0.2, 0.25) is 0 Å². The zero-order valence-corrected chi connectivity index (χ0v) is 50.0. The van der Waals surface area contributed by atoms with Crippen molar-refractivity contribution in [2.75, 3.05) is 0 Å². The highest BCUT2D eigenvalue weighted by molar-refractivity contribution is 6.13. The number of hydrogen-bond donors (Lipinski definition) is 0. The zero-order valence-electron chi connectivity index (χ0n) is 50.0. The average molecular weight is 1220 g/mol. The van der Waals surface area contributed by atoms with Gasteiger partial charge in [-0.1, -0.05) is 194 Å². The van der Waals surface area contributed by atoms with Crippen LogP contribution in [0.15, 0.2) is 298 Å². The molecule has 11 heteroatoms. The van der Waals surface area contributed by atoms with Crippen molar-refractivity contribution < 1.29 is 13.2 Å². The first-order valence-corrected chi connectivity index (χ1v) is 30.6. The fourth-order valence-electron chi connectivity index (χ4n) is 12.9. The SMILES string of the molecule is N#Cc1cc(-c2cc(-n3c4cc(-c5ccc(-c6ccccc6)nc5)ccc4c4ccc(-c5ccc(-c6ccccc6)nc5)cc43)c(C#N)c(-n3c4cc(-c5ccc(-c6ccccc6)nc5)ccc4c4ccc(-c5ccc(-c6ccccc6)nc5)cc43)c2)cc(C(F)(F)F)c1. The van der Waals surface area contributed by atoms with E-state index in [0.717, 1.165) is 145 Å². The first-order valence-electron chi connectivity index (χ1n) is 30.6. The van der Waals surface area contributed by atoms with Gasteiger partial charge in [-0.15, -0.1) is 0 Å². The summed E-state index contributed by atoms with van der Waals surface area (Å²) in [5.41, 5.74) is 17.1. The molecule has 0 N–H and O–H groups in total. The number of halogens is 3. The summed E-state index contributed by atoms with van der Waals surface area (Å²) in [6.07, 6.45) is 2.61. The normalized spacial score (nSPS) is 11.5. The molecule has 0 unspecified atom stereocenters. The average Bonchev–Trinajstić information content (AvgIpc) is 1.54. The number of nitriles is 2. The highest BCUT2D eigenvalue weighted by Gasteiger charge is 2.32. The second kappa shape index (κ2) is 23.2. The Morgan fingerprint density at radius 1 is 0.277 bits per heavy atom. The lowest BCUT2D eigenvalue weighted by Crippen LogP contribution is -2.07. The van der Waals surface area contributed by atoms with Gasteiger partial charge in [-0.3, -0.25) is 19.9 Å². The lowest BCUT2D eigenvalue weighted by atomic mass is 9.96. The number of nitrogens with zero attached hydrogens (tertiary/aromatic N) is 8. The first kappa shape index (κ1) is 56.4. The first-order chi connectivity index (χ1) is 46.1. The van der Waals surface area contributed by atoms with Gasteiger partial charge in [0.1, 0.15) is 11.6 Å². The second-order valence-corrected chi connectivity index (χ2v) is 23.2. The largest absolute Gasteiger partial charge is 0.416 e. The fourth-order valence-corrected chi connectivity index (χ4v) is 12.9. The van der Waals surface area contributed by atoms with Gasteiger partial charge in [-0.05, 0) is 112 Å². The van der Waals surface area contributed by atoms with Gasteiger partial charge >= 0.3 is 6.18 Å². The standard InChI is InChI=1S/C83H49F3N8/c84-83(85,86)67-38-52(46-87)37-65(39-67)66-44-81(93-77-40-57(61-25-33-73(89-48-61)53-13-5-1-6-14-53)21-29-68(77)69-30-22-58(41-78(69)93)62-26-34-74(90-49-62)54-15-7-2-8-16-54)72(47-88)82(45-66)94-79-42-59(63-27-35-75(91-50-63)55-17-9-3-10-18-55)23-31-70(79)71-32-24-60(43-80(71)94)64-28-36-76(92-51-64)56-19-11-4-12-20-56/h1-45,48-51H. The molecule has 0 spiro atoms. The summed E-state index contributed by atoms with van der Waals surface area (Å²) in [6, 6.07) is 92.6. The molecule has 0 saturated heterocycles. The molecule has 442 valence electrons. The van der Waals surface area contributed by atoms with E-state index in [9.17, 15) is 10.5 Å². The van der Waals surface area contributed by atoms with Crippen LogP contribution >= 0.6 is 0 Å². The maximum atomic E-state index is 15.2. The highest BCUT2D eigenvalue weighted by atomic mass is 19.4. The lowest BCUT2D eigenvalue weighted by Gasteiger charge is -2.19. The van der Waals surface area contributed by atoms with Crippen LogP contribution in [0.4, 0.5) is 13.2 Å². The third-order valence-corrected chi connectivity index (χ3v) is 17.6. The van der Waals surface area contributed by atoms with E-state index in [1.165, 1.54) is 6.07 Å². The maximum absolute atomic E-state index is 15.2. The van der Waals surface area contributed by atoms with Gasteiger partial charge in [-0.2, -0.15) is 23.7 Å². The van der Waals surface area contributed by atoms with Crippen LogP contribution in [-0.4, -0.2) is 29.1 Å². The molecule has 6 heterocycles. The maximum Gasteiger partial charge on any atom is 0.416 e. The highest BCUT2D eigenvalue weighted by Crippen LogP contribution is 2.45. The Labute approximate surface area is 538 Å². The third kappa shape index (κ3) is 10.3. The predicted octanol–water partition coefficient (Wildman–Crippen LogP) is 21.2. The number of pyridine rings is 4. The van der Waals surface area contributed by atoms with Crippen LogP contribution in [0.1, 0.15) is 16.7 Å². The Kier molecular flexibility index (Phi) is 13.9. The molecule has 0 amide bonds. The summed E-state index contributed by atoms with van der Waals surface area (Å²) in [5, 5.41) is 26.2. The summed E-state index contributed by atoms with van der Waals surface area (Å²) < 4.78 is 49.7. The number of alkyl halides is 3. The van der Waals surface area contributed by atoms with Gasteiger partial charge < -0.3 is 9.13 Å². The molecule has 0 aliphatic carbocycles. The molecule has 94 heavy (non-hydrogen) atoms. The Bertz CT molecular complexity index is 5090. The van der Waals surface area contributed by atoms with Crippen molar-refractivity contribution in [1.82, 2.24) is 29.1 Å². The summed E-state index contributed by atoms with van der Waals surface area (Å²) in [5.74, 6) is 0. The fraction of sp³-hybridized carbons (Fsp3) is 0.0120. The molecule has 10 aromatic carbocycles. The quantitative estimate of drug-likeness (QED) is 0.128. The molecule has 6 aromatic heterocycles. The van der Waals surface area contributed by atoms with Crippen molar-refractivity contribution in [3.63, 3.8) is 0 Å². The Morgan fingerprint density at radius 2 is 0.574 bits per heavy atom. The number of rotatable bonds is 11. The number of fused-ring (bicyclic) bond motifs is 6. The van der Waals surface area contributed by atoms with Crippen LogP contribution in [-0.2, 0) is 6.18 Å². The van der Waals surface area contributed by atoms with Crippen molar-refractivity contribution in [2.24, 2.45) is 0 Å². The summed E-state index contributed by atoms with van der Waals surface area (Å²) in [4.78, 5) is 19.7. The minimum Gasteiger partial charge on any atom is -0.308 e. The van der Waals surface area contributed by atoms with Crippen molar-refractivity contribution >= 4 is 43.6 Å². The van der Waals surface area contributed by atoms with Crippen molar-refractivity contribution in [1.29, 1.82) is 10.5 Å². The Morgan fingerprint density at radius 3 is 0.840 bits per heavy atom.